The van der Waals surface area contributed by atoms with Crippen LogP contribution in [0.15, 0.2) is 90.5 Å². The van der Waals surface area contributed by atoms with Gasteiger partial charge in [0.05, 0.1) is 17.9 Å². The Kier molecular flexibility index (Phi) is 7.37. The highest BCUT2D eigenvalue weighted by atomic mass is 19.1. The van der Waals surface area contributed by atoms with E-state index in [0.717, 1.165) is 21.2 Å². The Bertz CT molecular complexity index is 1660. The molecule has 4 aromatic carbocycles. The molecule has 4 aromatic rings. The summed E-state index contributed by atoms with van der Waals surface area (Å²) in [5.41, 5.74) is 1.33. The van der Waals surface area contributed by atoms with Crippen molar-refractivity contribution in [3.63, 3.8) is 0 Å². The molecule has 5 rings (SSSR count). The fourth-order valence-corrected chi connectivity index (χ4v) is 4.29. The fraction of sp³-hybridized carbons (Fsp3) is 0.0968. The Morgan fingerprint density at radius 3 is 2.38 bits per heavy atom. The van der Waals surface area contributed by atoms with E-state index in [1.54, 1.807) is 25.1 Å². The molecule has 200 valence electrons. The van der Waals surface area contributed by atoms with Crippen LogP contribution in [0, 0.1) is 5.82 Å². The number of ether oxygens (including phenoxy) is 2. The molecule has 0 aliphatic carbocycles. The third-order valence-corrected chi connectivity index (χ3v) is 6.27. The first-order chi connectivity index (χ1) is 19.4. The first kappa shape index (κ1) is 26.3. The normalized spacial score (nSPS) is 14.4. The van der Waals surface area contributed by atoms with Crippen molar-refractivity contribution in [3.8, 4) is 5.75 Å². The lowest BCUT2D eigenvalue weighted by Gasteiger charge is -2.26. The number of nitrogens with zero attached hydrogens (tertiary/aromatic N) is 1. The summed E-state index contributed by atoms with van der Waals surface area (Å²) in [7, 11) is 0. The number of hydrogen-bond donors (Lipinski definition) is 1. The third kappa shape index (κ3) is 5.30. The molecule has 1 aliphatic heterocycles. The number of nitrogens with one attached hydrogen (secondary N) is 1. The van der Waals surface area contributed by atoms with Crippen LogP contribution in [0.4, 0.5) is 14.9 Å². The minimum Gasteiger partial charge on any atom is -0.488 e. The summed E-state index contributed by atoms with van der Waals surface area (Å²) in [6, 6.07) is 21.6. The first-order valence-corrected chi connectivity index (χ1v) is 12.4. The monoisotopic (exact) mass is 538 g/mol. The lowest BCUT2D eigenvalue weighted by atomic mass is 9.99. The number of amides is 4. The molecular formula is C31H23FN2O6. The number of hydrogen-bond acceptors (Lipinski definition) is 6. The molecule has 0 bridgehead atoms. The third-order valence-electron chi connectivity index (χ3n) is 6.27. The van der Waals surface area contributed by atoms with Gasteiger partial charge in [0.1, 0.15) is 23.7 Å². The minimum absolute atomic E-state index is 0.117. The van der Waals surface area contributed by atoms with E-state index < -0.39 is 23.8 Å². The summed E-state index contributed by atoms with van der Waals surface area (Å²) in [6.45, 7) is 2.00. The molecule has 4 amide bonds. The summed E-state index contributed by atoms with van der Waals surface area (Å²) in [5, 5.41) is 3.77. The van der Waals surface area contributed by atoms with Crippen molar-refractivity contribution in [2.45, 2.75) is 13.5 Å². The largest absolute Gasteiger partial charge is 0.488 e. The van der Waals surface area contributed by atoms with Crippen molar-refractivity contribution in [3.05, 3.63) is 113 Å². The number of halogens is 1. The van der Waals surface area contributed by atoms with E-state index >= 15 is 0 Å². The summed E-state index contributed by atoms with van der Waals surface area (Å²) in [4.78, 5) is 51.9. The highest BCUT2D eigenvalue weighted by molar-refractivity contribution is 6.39. The molecule has 0 spiro atoms. The molecule has 1 N–H and O–H groups in total. The molecular weight excluding hydrogens is 515 g/mol. The van der Waals surface area contributed by atoms with E-state index in [4.69, 9.17) is 9.47 Å². The Morgan fingerprint density at radius 1 is 0.925 bits per heavy atom. The smallest absolute Gasteiger partial charge is 0.338 e. The maximum absolute atomic E-state index is 13.5. The van der Waals surface area contributed by atoms with Crippen LogP contribution in [0.1, 0.15) is 28.4 Å². The van der Waals surface area contributed by atoms with Crippen molar-refractivity contribution >= 4 is 46.4 Å². The van der Waals surface area contributed by atoms with Crippen LogP contribution in [0.3, 0.4) is 0 Å². The quantitative estimate of drug-likeness (QED) is 0.192. The van der Waals surface area contributed by atoms with E-state index in [-0.39, 0.29) is 35.9 Å². The Morgan fingerprint density at radius 2 is 1.65 bits per heavy atom. The summed E-state index contributed by atoms with van der Waals surface area (Å²) >= 11 is 0. The van der Waals surface area contributed by atoms with Gasteiger partial charge in [-0.15, -0.1) is 0 Å². The van der Waals surface area contributed by atoms with Gasteiger partial charge in [-0.25, -0.2) is 18.9 Å². The number of benzene rings is 4. The molecule has 1 heterocycles. The number of fused-ring (bicyclic) bond motifs is 1. The van der Waals surface area contributed by atoms with Crippen molar-refractivity contribution in [2.24, 2.45) is 0 Å². The number of anilines is 1. The fourth-order valence-electron chi connectivity index (χ4n) is 4.29. The zero-order chi connectivity index (χ0) is 28.2. The SMILES string of the molecule is CCOC(=O)c1ccc(N2C(=O)NC(=O)/C(=C\c3c(OCc4ccc(F)cc4)ccc4ccccc34)C2=O)cc1. The molecule has 1 aliphatic rings. The second-order valence-corrected chi connectivity index (χ2v) is 8.84. The van der Waals surface area contributed by atoms with Crippen LogP contribution in [0.5, 0.6) is 5.75 Å². The van der Waals surface area contributed by atoms with Crippen molar-refractivity contribution < 1.29 is 33.0 Å². The van der Waals surface area contributed by atoms with Crippen LogP contribution in [-0.2, 0) is 20.9 Å². The van der Waals surface area contributed by atoms with E-state index in [1.165, 1.54) is 42.5 Å². The maximum atomic E-state index is 13.5. The molecule has 0 unspecified atom stereocenters. The van der Waals surface area contributed by atoms with Gasteiger partial charge < -0.3 is 9.47 Å². The van der Waals surface area contributed by atoms with Crippen molar-refractivity contribution in [2.75, 3.05) is 11.5 Å². The van der Waals surface area contributed by atoms with Gasteiger partial charge in [-0.2, -0.15) is 0 Å². The molecule has 9 heteroatoms. The van der Waals surface area contributed by atoms with Gasteiger partial charge in [0.25, 0.3) is 11.8 Å². The molecule has 0 aromatic heterocycles. The van der Waals surface area contributed by atoms with E-state index in [2.05, 4.69) is 5.32 Å². The Balaban J connectivity index is 1.52. The molecule has 0 atom stereocenters. The first-order valence-electron chi connectivity index (χ1n) is 12.4. The molecule has 1 saturated heterocycles. The van der Waals surface area contributed by atoms with Gasteiger partial charge in [-0.05, 0) is 71.8 Å². The number of rotatable bonds is 7. The lowest BCUT2D eigenvalue weighted by molar-refractivity contribution is -0.122. The van der Waals surface area contributed by atoms with E-state index in [9.17, 15) is 23.6 Å². The molecule has 40 heavy (non-hydrogen) atoms. The second-order valence-electron chi connectivity index (χ2n) is 8.84. The van der Waals surface area contributed by atoms with Gasteiger partial charge in [0.15, 0.2) is 0 Å². The van der Waals surface area contributed by atoms with Gasteiger partial charge in [0.2, 0.25) is 0 Å². The van der Waals surface area contributed by atoms with Gasteiger partial charge in [-0.1, -0.05) is 42.5 Å². The zero-order valence-electron chi connectivity index (χ0n) is 21.3. The summed E-state index contributed by atoms with van der Waals surface area (Å²) in [5.74, 6) is -2.21. The van der Waals surface area contributed by atoms with Crippen LogP contribution in [0.25, 0.3) is 16.8 Å². The predicted molar refractivity (Wildman–Crippen MR) is 146 cm³/mol. The summed E-state index contributed by atoms with van der Waals surface area (Å²) < 4.78 is 24.3. The van der Waals surface area contributed by atoms with Crippen LogP contribution in [-0.4, -0.2) is 30.4 Å². The minimum atomic E-state index is -0.915. The van der Waals surface area contributed by atoms with Crippen molar-refractivity contribution in [1.29, 1.82) is 0 Å². The number of esters is 1. The Labute approximate surface area is 228 Å². The van der Waals surface area contributed by atoms with Crippen molar-refractivity contribution in [1.82, 2.24) is 5.32 Å². The van der Waals surface area contributed by atoms with E-state index in [0.29, 0.717) is 11.3 Å². The molecule has 0 radical (unpaired) electrons. The number of imide groups is 2. The number of barbiturate groups is 1. The zero-order valence-corrected chi connectivity index (χ0v) is 21.3. The van der Waals surface area contributed by atoms with Gasteiger partial charge >= 0.3 is 12.0 Å². The van der Waals surface area contributed by atoms with Gasteiger partial charge in [-0.3, -0.25) is 14.9 Å². The van der Waals surface area contributed by atoms with Crippen LogP contribution >= 0.6 is 0 Å². The highest BCUT2D eigenvalue weighted by Gasteiger charge is 2.37. The number of carbonyl (C=O) groups excluding carboxylic acids is 4. The maximum Gasteiger partial charge on any atom is 0.338 e. The average Bonchev–Trinajstić information content (AvgIpc) is 2.95. The molecule has 8 nitrogen and oxygen atoms in total. The summed E-state index contributed by atoms with van der Waals surface area (Å²) in [6.07, 6.45) is 1.40. The topological polar surface area (TPSA) is 102 Å². The average molecular weight is 539 g/mol. The Hall–Kier alpha value is -5.31. The van der Waals surface area contributed by atoms with Crippen LogP contribution in [0.2, 0.25) is 0 Å². The van der Waals surface area contributed by atoms with E-state index in [1.807, 2.05) is 30.3 Å². The van der Waals surface area contributed by atoms with Gasteiger partial charge in [0, 0.05) is 5.56 Å². The highest BCUT2D eigenvalue weighted by Crippen LogP contribution is 2.32. The standard InChI is InChI=1S/C31H23FN2O6/c1-2-39-30(37)21-9-14-23(15-10-21)34-29(36)26(28(35)33-31(34)38)17-25-24-6-4-3-5-20(24)11-16-27(25)40-18-19-7-12-22(32)13-8-19/h3-17H,2,18H2,1H3,(H,33,35,38)/b26-17+. The second kappa shape index (κ2) is 11.2. The molecule has 1 fully saturated rings. The van der Waals surface area contributed by atoms with Crippen LogP contribution < -0.4 is 15.0 Å². The number of urea groups is 1. The molecule has 0 saturated carbocycles. The predicted octanol–water partition coefficient (Wildman–Crippen LogP) is 5.40. The number of carbonyl (C=O) groups is 4. The lowest BCUT2D eigenvalue weighted by Crippen LogP contribution is -2.54.